The van der Waals surface area contributed by atoms with Gasteiger partial charge in [0.05, 0.1) is 17.4 Å². The predicted octanol–water partition coefficient (Wildman–Crippen LogP) is 7.97. The molecule has 1 unspecified atom stereocenters. The van der Waals surface area contributed by atoms with Crippen molar-refractivity contribution >= 4 is 42.4 Å². The van der Waals surface area contributed by atoms with Gasteiger partial charge in [0, 0.05) is 46.6 Å². The molecular formula is C28H37ClN4O3Si. The van der Waals surface area contributed by atoms with Crippen molar-refractivity contribution in [3.05, 3.63) is 35.7 Å². The summed E-state index contributed by atoms with van der Waals surface area (Å²) in [5, 5.41) is 17.8. The van der Waals surface area contributed by atoms with Crippen LogP contribution in [0.3, 0.4) is 0 Å². The van der Waals surface area contributed by atoms with E-state index >= 15 is 0 Å². The predicted molar refractivity (Wildman–Crippen MR) is 153 cm³/mol. The van der Waals surface area contributed by atoms with Gasteiger partial charge in [-0.05, 0) is 48.0 Å². The highest BCUT2D eigenvalue weighted by molar-refractivity contribution is 6.90. The van der Waals surface area contributed by atoms with Gasteiger partial charge >= 0.3 is 6.09 Å². The van der Waals surface area contributed by atoms with Gasteiger partial charge in [-0.2, -0.15) is 5.10 Å². The second kappa shape index (κ2) is 10.9. The number of hydrogen-bond acceptors (Lipinski definition) is 3. The van der Waals surface area contributed by atoms with Crippen molar-refractivity contribution in [1.82, 2.24) is 14.3 Å². The normalized spacial score (nSPS) is 16.4. The van der Waals surface area contributed by atoms with Gasteiger partial charge in [-0.25, -0.2) is 9.48 Å². The molecule has 1 amide bonds. The van der Waals surface area contributed by atoms with E-state index in [0.29, 0.717) is 27.3 Å². The Kier molecular flexibility index (Phi) is 8.07. The summed E-state index contributed by atoms with van der Waals surface area (Å²) < 4.78 is 9.68. The van der Waals surface area contributed by atoms with Crippen LogP contribution in [0.25, 0.3) is 22.0 Å². The minimum absolute atomic E-state index is 0.0866. The molecule has 0 spiro atoms. The molecule has 2 N–H and O–H groups in total. The molecule has 3 aromatic rings. The van der Waals surface area contributed by atoms with E-state index in [-0.39, 0.29) is 6.23 Å². The molecule has 37 heavy (non-hydrogen) atoms. The maximum atomic E-state index is 11.7. The van der Waals surface area contributed by atoms with Crippen LogP contribution in [0.2, 0.25) is 21.6 Å². The molecule has 1 aliphatic heterocycles. The molecule has 1 aromatic carbocycles. The maximum absolute atomic E-state index is 11.7. The van der Waals surface area contributed by atoms with E-state index in [2.05, 4.69) is 63.5 Å². The van der Waals surface area contributed by atoms with E-state index in [4.69, 9.17) is 16.3 Å². The second-order valence-electron chi connectivity index (χ2n) is 10.9. The zero-order valence-corrected chi connectivity index (χ0v) is 24.3. The number of rotatable bonds is 6. The molecule has 2 aromatic heterocycles. The Morgan fingerprint density at radius 3 is 2.46 bits per heavy atom. The number of amides is 1. The molecule has 9 heteroatoms. The first kappa shape index (κ1) is 27.3. The van der Waals surface area contributed by atoms with Crippen molar-refractivity contribution in [2.75, 3.05) is 11.9 Å². The van der Waals surface area contributed by atoms with E-state index in [9.17, 15) is 9.90 Å². The first-order valence-electron chi connectivity index (χ1n) is 13.1. The Hall–Kier alpha value is -2.73. The third-order valence-electron chi connectivity index (χ3n) is 7.73. The Morgan fingerprint density at radius 2 is 1.86 bits per heavy atom. The summed E-state index contributed by atoms with van der Waals surface area (Å²) in [6, 6.07) is 6.97. The molecule has 1 fully saturated rings. The summed E-state index contributed by atoms with van der Waals surface area (Å²) in [5.41, 5.74) is 8.14. The van der Waals surface area contributed by atoms with Crippen LogP contribution < -0.4 is 5.32 Å². The Bertz CT molecular complexity index is 1320. The number of aromatic nitrogens is 3. The van der Waals surface area contributed by atoms with Crippen LogP contribution in [0, 0.1) is 11.6 Å². The molecule has 3 heterocycles. The van der Waals surface area contributed by atoms with Crippen LogP contribution in [-0.2, 0) is 4.74 Å². The zero-order chi connectivity index (χ0) is 26.9. The number of anilines is 1. The van der Waals surface area contributed by atoms with Crippen LogP contribution in [0.1, 0.15) is 67.0 Å². The van der Waals surface area contributed by atoms with E-state index in [1.807, 2.05) is 27.7 Å². The molecule has 0 radical (unpaired) electrons. The number of fused-ring (bicyclic) bond motifs is 1. The van der Waals surface area contributed by atoms with Gasteiger partial charge in [-0.15, -0.1) is 5.54 Å². The average Bonchev–Trinajstić information content (AvgIpc) is 3.44. The number of benzene rings is 1. The molecule has 1 saturated heterocycles. The van der Waals surface area contributed by atoms with Crippen LogP contribution in [0.4, 0.5) is 10.5 Å². The molecule has 7 nitrogen and oxygen atoms in total. The SMILES string of the molecule is CC(C)[Si](C#Cn1cc(-c2cnn(C3CCCCO3)c2)c2c(NC(=O)O)cc(Cl)cc21)(C(C)C)C(C)C. The minimum atomic E-state index is -2.00. The first-order valence-corrected chi connectivity index (χ1v) is 15.7. The van der Waals surface area contributed by atoms with Crippen LogP contribution in [-0.4, -0.2) is 40.2 Å². The average molecular weight is 541 g/mol. The summed E-state index contributed by atoms with van der Waals surface area (Å²) in [7, 11) is -2.00. The molecular weight excluding hydrogens is 504 g/mol. The number of halogens is 1. The fourth-order valence-corrected chi connectivity index (χ4v) is 11.4. The number of carboxylic acid groups (broad SMARTS) is 1. The van der Waals surface area contributed by atoms with Gasteiger partial charge in [0.2, 0.25) is 0 Å². The first-order chi connectivity index (χ1) is 17.5. The highest BCUT2D eigenvalue weighted by atomic mass is 35.5. The third kappa shape index (κ3) is 5.31. The Balaban J connectivity index is 1.92. The molecule has 1 aliphatic rings. The van der Waals surface area contributed by atoms with Gasteiger partial charge in [0.15, 0.2) is 0 Å². The van der Waals surface area contributed by atoms with Crippen molar-refractivity contribution in [2.24, 2.45) is 0 Å². The van der Waals surface area contributed by atoms with Crippen LogP contribution in [0.15, 0.2) is 30.7 Å². The summed E-state index contributed by atoms with van der Waals surface area (Å²) in [4.78, 5) is 11.7. The summed E-state index contributed by atoms with van der Waals surface area (Å²) >= 11 is 6.46. The summed E-state index contributed by atoms with van der Waals surface area (Å²) in [5.74, 6) is 0. The van der Waals surface area contributed by atoms with Crippen molar-refractivity contribution in [3.63, 3.8) is 0 Å². The molecule has 0 bridgehead atoms. The van der Waals surface area contributed by atoms with Crippen molar-refractivity contribution < 1.29 is 14.6 Å². The van der Waals surface area contributed by atoms with Crippen LogP contribution in [0.5, 0.6) is 0 Å². The number of ether oxygens (including phenoxy) is 1. The van der Waals surface area contributed by atoms with E-state index < -0.39 is 14.2 Å². The Labute approximate surface area is 225 Å². The van der Waals surface area contributed by atoms with E-state index in [1.54, 1.807) is 12.3 Å². The number of nitrogens with one attached hydrogen (secondary N) is 1. The third-order valence-corrected chi connectivity index (χ3v) is 14.2. The van der Waals surface area contributed by atoms with Crippen LogP contribution >= 0.6 is 11.6 Å². The molecule has 4 rings (SSSR count). The quantitative estimate of drug-likeness (QED) is 0.245. The maximum Gasteiger partial charge on any atom is 0.409 e. The smallest absolute Gasteiger partial charge is 0.409 e. The highest BCUT2D eigenvalue weighted by Gasteiger charge is 2.42. The molecule has 0 aliphatic carbocycles. The monoisotopic (exact) mass is 540 g/mol. The lowest BCUT2D eigenvalue weighted by molar-refractivity contribution is -0.0394. The number of carbonyl (C=O) groups is 1. The fourth-order valence-electron chi connectivity index (χ4n) is 6.01. The standard InChI is InChI=1S/C28H37ClN4O3Si/c1-18(2)37(19(3)4,20(5)6)12-10-32-17-23(21-15-30-33(16-21)26-9-7-8-11-36-26)27-24(31-28(34)35)13-22(29)14-25(27)32/h13-20,26,31H,7-9,11H2,1-6H3,(H,34,35). The summed E-state index contributed by atoms with van der Waals surface area (Å²) in [6.07, 6.45) is 7.60. The van der Waals surface area contributed by atoms with E-state index in [1.165, 1.54) is 0 Å². The van der Waals surface area contributed by atoms with Gasteiger partial charge in [-0.3, -0.25) is 9.88 Å². The van der Waals surface area contributed by atoms with Gasteiger partial charge < -0.3 is 9.84 Å². The zero-order valence-electron chi connectivity index (χ0n) is 22.5. The van der Waals surface area contributed by atoms with E-state index in [0.717, 1.165) is 47.9 Å². The topological polar surface area (TPSA) is 81.3 Å². The van der Waals surface area contributed by atoms with Gasteiger partial charge in [0.1, 0.15) is 14.3 Å². The number of nitrogens with zero attached hydrogens (tertiary/aromatic N) is 3. The minimum Gasteiger partial charge on any atom is -0.465 e. The van der Waals surface area contributed by atoms with Gasteiger partial charge in [-0.1, -0.05) is 53.1 Å². The molecule has 1 atom stereocenters. The second-order valence-corrected chi connectivity index (χ2v) is 16.9. The summed E-state index contributed by atoms with van der Waals surface area (Å²) in [6.45, 7) is 14.4. The largest absolute Gasteiger partial charge is 0.465 e. The Morgan fingerprint density at radius 1 is 1.16 bits per heavy atom. The van der Waals surface area contributed by atoms with Gasteiger partial charge in [0.25, 0.3) is 0 Å². The fraction of sp³-hybridized carbons (Fsp3) is 0.500. The lowest BCUT2D eigenvalue weighted by atomic mass is 10.1. The number of hydrogen-bond donors (Lipinski definition) is 2. The molecule has 198 valence electrons. The molecule has 0 saturated carbocycles. The lowest BCUT2D eigenvalue weighted by Gasteiger charge is -2.37. The highest BCUT2D eigenvalue weighted by Crippen LogP contribution is 2.42. The lowest BCUT2D eigenvalue weighted by Crippen LogP contribution is -2.43. The van der Waals surface area contributed by atoms with Crippen molar-refractivity contribution in [2.45, 2.75) is 83.7 Å². The van der Waals surface area contributed by atoms with Crippen molar-refractivity contribution in [3.8, 4) is 22.7 Å². The van der Waals surface area contributed by atoms with Crippen molar-refractivity contribution in [1.29, 1.82) is 0 Å².